The smallest absolute Gasteiger partial charge is 0.223 e. The highest BCUT2D eigenvalue weighted by Gasteiger charge is 2.12. The predicted octanol–water partition coefficient (Wildman–Crippen LogP) is 1.81. The van der Waals surface area contributed by atoms with Crippen molar-refractivity contribution in [2.45, 2.75) is 26.8 Å². The lowest BCUT2D eigenvalue weighted by atomic mass is 10.2. The molecule has 1 amide bonds. The summed E-state index contributed by atoms with van der Waals surface area (Å²) in [5.74, 6) is 1.82. The summed E-state index contributed by atoms with van der Waals surface area (Å²) < 4.78 is 11.0. The molecule has 0 unspecified atom stereocenters. The molecule has 0 saturated carbocycles. The summed E-state index contributed by atoms with van der Waals surface area (Å²) >= 11 is 0. The molecule has 0 atom stereocenters. The Morgan fingerprint density at radius 1 is 1.19 bits per heavy atom. The molecule has 0 bridgehead atoms. The van der Waals surface area contributed by atoms with Crippen LogP contribution in [0.2, 0.25) is 0 Å². The number of hydrogen-bond acceptors (Lipinski definition) is 4. The number of rotatable bonds is 7. The van der Waals surface area contributed by atoms with E-state index in [0.717, 1.165) is 36.7 Å². The van der Waals surface area contributed by atoms with Crippen molar-refractivity contribution in [3.05, 3.63) is 23.8 Å². The summed E-state index contributed by atoms with van der Waals surface area (Å²) in [4.78, 5) is 13.7. The number of fused-ring (bicyclic) bond motifs is 1. The predicted molar refractivity (Wildman–Crippen MR) is 81.7 cm³/mol. The van der Waals surface area contributed by atoms with E-state index in [0.29, 0.717) is 26.2 Å². The Kier molecular flexibility index (Phi) is 5.87. The maximum absolute atomic E-state index is 11.9. The van der Waals surface area contributed by atoms with E-state index in [1.165, 1.54) is 0 Å². The van der Waals surface area contributed by atoms with Gasteiger partial charge in [0.15, 0.2) is 11.5 Å². The van der Waals surface area contributed by atoms with Crippen molar-refractivity contribution in [3.63, 3.8) is 0 Å². The van der Waals surface area contributed by atoms with Crippen LogP contribution in [0.3, 0.4) is 0 Å². The van der Waals surface area contributed by atoms with Gasteiger partial charge >= 0.3 is 0 Å². The van der Waals surface area contributed by atoms with Gasteiger partial charge in [0, 0.05) is 32.6 Å². The lowest BCUT2D eigenvalue weighted by Crippen LogP contribution is -2.32. The number of carbonyl (C=O) groups is 1. The van der Waals surface area contributed by atoms with Crippen LogP contribution < -0.4 is 14.8 Å². The minimum absolute atomic E-state index is 0.203. The summed E-state index contributed by atoms with van der Waals surface area (Å²) in [6.45, 7) is 8.18. The summed E-state index contributed by atoms with van der Waals surface area (Å²) in [5.41, 5.74) is 1.13. The fourth-order valence-corrected chi connectivity index (χ4v) is 2.36. The van der Waals surface area contributed by atoms with Gasteiger partial charge < -0.3 is 19.7 Å². The van der Waals surface area contributed by atoms with Gasteiger partial charge in [0.1, 0.15) is 13.2 Å². The third kappa shape index (κ3) is 4.36. The van der Waals surface area contributed by atoms with Gasteiger partial charge in [-0.05, 0) is 31.5 Å². The van der Waals surface area contributed by atoms with Crippen molar-refractivity contribution in [1.29, 1.82) is 0 Å². The van der Waals surface area contributed by atoms with Crippen molar-refractivity contribution in [2.75, 3.05) is 32.8 Å². The van der Waals surface area contributed by atoms with Crippen LogP contribution in [-0.2, 0) is 11.3 Å². The summed E-state index contributed by atoms with van der Waals surface area (Å²) in [6, 6.07) is 5.95. The Balaban J connectivity index is 1.75. The van der Waals surface area contributed by atoms with Crippen LogP contribution in [0, 0.1) is 0 Å². The van der Waals surface area contributed by atoms with Crippen molar-refractivity contribution in [2.24, 2.45) is 0 Å². The van der Waals surface area contributed by atoms with Crippen LogP contribution in [0.4, 0.5) is 0 Å². The zero-order valence-electron chi connectivity index (χ0n) is 12.9. The molecule has 0 fully saturated rings. The molecular weight excluding hydrogens is 268 g/mol. The molecular formula is C16H24N2O3. The highest BCUT2D eigenvalue weighted by Crippen LogP contribution is 2.30. The second kappa shape index (κ2) is 7.88. The summed E-state index contributed by atoms with van der Waals surface area (Å²) in [5, 5.41) is 3.30. The van der Waals surface area contributed by atoms with Gasteiger partial charge in [-0.2, -0.15) is 0 Å². The third-order valence-corrected chi connectivity index (χ3v) is 3.57. The lowest BCUT2D eigenvalue weighted by Gasteiger charge is -2.19. The molecule has 0 spiro atoms. The maximum Gasteiger partial charge on any atom is 0.223 e. The molecule has 1 N–H and O–H groups in total. The number of nitrogens with one attached hydrogen (secondary N) is 1. The van der Waals surface area contributed by atoms with E-state index in [2.05, 4.69) is 5.32 Å². The minimum atomic E-state index is 0.203. The van der Waals surface area contributed by atoms with Gasteiger partial charge in [0.05, 0.1) is 0 Å². The highest BCUT2D eigenvalue weighted by molar-refractivity contribution is 5.76. The number of ether oxygens (including phenoxy) is 2. The largest absolute Gasteiger partial charge is 0.486 e. The molecule has 0 aromatic heterocycles. The average Bonchev–Trinajstić information content (AvgIpc) is 2.52. The van der Waals surface area contributed by atoms with Crippen LogP contribution in [-0.4, -0.2) is 43.7 Å². The molecule has 0 radical (unpaired) electrons. The number of hydrogen-bond donors (Lipinski definition) is 1. The van der Waals surface area contributed by atoms with E-state index in [1.54, 1.807) is 0 Å². The molecule has 1 aromatic rings. The third-order valence-electron chi connectivity index (χ3n) is 3.57. The first kappa shape index (κ1) is 15.6. The van der Waals surface area contributed by atoms with Gasteiger partial charge in [-0.25, -0.2) is 0 Å². The zero-order valence-corrected chi connectivity index (χ0v) is 12.9. The molecule has 0 saturated heterocycles. The van der Waals surface area contributed by atoms with E-state index in [4.69, 9.17) is 9.47 Å². The summed E-state index contributed by atoms with van der Waals surface area (Å²) in [7, 11) is 0. The molecule has 5 heteroatoms. The normalized spacial score (nSPS) is 13.0. The zero-order chi connectivity index (χ0) is 15.1. The standard InChI is InChI=1S/C16H24N2O3/c1-3-18(4-2)16(19)7-8-17-12-13-5-6-14-15(11-13)21-10-9-20-14/h5-6,11,17H,3-4,7-10,12H2,1-2H3. The Hall–Kier alpha value is -1.75. The van der Waals surface area contributed by atoms with E-state index >= 15 is 0 Å². The number of benzene rings is 1. The average molecular weight is 292 g/mol. The molecule has 1 heterocycles. The van der Waals surface area contributed by atoms with Gasteiger partial charge in [-0.1, -0.05) is 6.07 Å². The number of amides is 1. The molecule has 1 aliphatic heterocycles. The van der Waals surface area contributed by atoms with E-state index in [9.17, 15) is 4.79 Å². The first-order valence-corrected chi connectivity index (χ1v) is 7.61. The van der Waals surface area contributed by atoms with Gasteiger partial charge in [0.2, 0.25) is 5.91 Å². The molecule has 21 heavy (non-hydrogen) atoms. The summed E-state index contributed by atoms with van der Waals surface area (Å²) in [6.07, 6.45) is 0.534. The van der Waals surface area contributed by atoms with E-state index in [1.807, 2.05) is 36.9 Å². The van der Waals surface area contributed by atoms with Crippen LogP contribution in [0.25, 0.3) is 0 Å². The lowest BCUT2D eigenvalue weighted by molar-refractivity contribution is -0.130. The van der Waals surface area contributed by atoms with E-state index < -0.39 is 0 Å². The quantitative estimate of drug-likeness (QED) is 0.779. The van der Waals surface area contributed by atoms with Crippen molar-refractivity contribution >= 4 is 5.91 Å². The number of carbonyl (C=O) groups excluding carboxylic acids is 1. The van der Waals surface area contributed by atoms with Crippen LogP contribution in [0.1, 0.15) is 25.8 Å². The van der Waals surface area contributed by atoms with E-state index in [-0.39, 0.29) is 5.91 Å². The Morgan fingerprint density at radius 2 is 1.90 bits per heavy atom. The van der Waals surface area contributed by atoms with Crippen LogP contribution >= 0.6 is 0 Å². The fourth-order valence-electron chi connectivity index (χ4n) is 2.36. The van der Waals surface area contributed by atoms with Crippen molar-refractivity contribution < 1.29 is 14.3 Å². The topological polar surface area (TPSA) is 50.8 Å². The second-order valence-corrected chi connectivity index (χ2v) is 4.97. The van der Waals surface area contributed by atoms with Gasteiger partial charge in [0.25, 0.3) is 0 Å². The highest BCUT2D eigenvalue weighted by atomic mass is 16.6. The second-order valence-electron chi connectivity index (χ2n) is 4.97. The molecule has 116 valence electrons. The first-order chi connectivity index (χ1) is 10.2. The van der Waals surface area contributed by atoms with Gasteiger partial charge in [-0.3, -0.25) is 4.79 Å². The van der Waals surface area contributed by atoms with Crippen LogP contribution in [0.15, 0.2) is 18.2 Å². The SMILES string of the molecule is CCN(CC)C(=O)CCNCc1ccc2c(c1)OCCO2. The van der Waals surface area contributed by atoms with Crippen molar-refractivity contribution in [1.82, 2.24) is 10.2 Å². The Labute approximate surface area is 126 Å². The monoisotopic (exact) mass is 292 g/mol. The molecule has 2 rings (SSSR count). The Bertz CT molecular complexity index is 473. The Morgan fingerprint density at radius 3 is 2.62 bits per heavy atom. The molecule has 5 nitrogen and oxygen atoms in total. The minimum Gasteiger partial charge on any atom is -0.486 e. The maximum atomic E-state index is 11.9. The molecule has 1 aromatic carbocycles. The fraction of sp³-hybridized carbons (Fsp3) is 0.562. The van der Waals surface area contributed by atoms with Crippen molar-refractivity contribution in [3.8, 4) is 11.5 Å². The molecule has 0 aliphatic carbocycles. The van der Waals surface area contributed by atoms with Gasteiger partial charge in [-0.15, -0.1) is 0 Å². The molecule has 1 aliphatic rings. The number of nitrogens with zero attached hydrogens (tertiary/aromatic N) is 1. The van der Waals surface area contributed by atoms with Crippen LogP contribution in [0.5, 0.6) is 11.5 Å². The first-order valence-electron chi connectivity index (χ1n) is 7.61.